The number of carbonyl (C=O) groups excluding carboxylic acids is 1. The second-order valence-corrected chi connectivity index (χ2v) is 8.12. The minimum Gasteiger partial charge on any atom is -0.497 e. The van der Waals surface area contributed by atoms with Crippen molar-refractivity contribution in [1.82, 2.24) is 5.43 Å². The second kappa shape index (κ2) is 10.5. The molecule has 168 valence electrons. The van der Waals surface area contributed by atoms with E-state index < -0.39 is 22.5 Å². The Kier molecular flexibility index (Phi) is 8.08. The summed E-state index contributed by atoms with van der Waals surface area (Å²) in [6, 6.07) is 9.69. The van der Waals surface area contributed by atoms with Gasteiger partial charge in [-0.15, -0.1) is 0 Å². The largest absolute Gasteiger partial charge is 0.497 e. The van der Waals surface area contributed by atoms with Gasteiger partial charge in [0.1, 0.15) is 29.5 Å². The molecule has 31 heavy (non-hydrogen) atoms. The van der Waals surface area contributed by atoms with Gasteiger partial charge in [-0.05, 0) is 24.3 Å². The van der Waals surface area contributed by atoms with Crippen molar-refractivity contribution in [3.05, 3.63) is 42.0 Å². The van der Waals surface area contributed by atoms with E-state index in [2.05, 4.69) is 10.5 Å². The van der Waals surface area contributed by atoms with Crippen molar-refractivity contribution in [3.63, 3.8) is 0 Å². The summed E-state index contributed by atoms with van der Waals surface area (Å²) in [5.74, 6) is 1.18. The molecule has 0 unspecified atom stereocenters. The summed E-state index contributed by atoms with van der Waals surface area (Å²) in [5, 5.41) is 3.89. The summed E-state index contributed by atoms with van der Waals surface area (Å²) in [6.07, 6.45) is 2.38. The number of benzene rings is 2. The van der Waals surface area contributed by atoms with Gasteiger partial charge in [0.05, 0.1) is 46.6 Å². The SMILES string of the molecule is COc1ccc(/C=N\NC(=O)CN(c2ccc(OC)cc2OC)S(C)(=O)=O)c(OC)c1. The molecule has 0 saturated carbocycles. The lowest BCUT2D eigenvalue weighted by Crippen LogP contribution is -2.39. The van der Waals surface area contributed by atoms with Gasteiger partial charge in [0.2, 0.25) is 10.0 Å². The van der Waals surface area contributed by atoms with Crippen LogP contribution in [0.5, 0.6) is 23.0 Å². The van der Waals surface area contributed by atoms with Crippen LogP contribution in [0.15, 0.2) is 41.5 Å². The lowest BCUT2D eigenvalue weighted by Gasteiger charge is -2.23. The van der Waals surface area contributed by atoms with Gasteiger partial charge in [0, 0.05) is 17.7 Å². The van der Waals surface area contributed by atoms with Crippen molar-refractivity contribution < 1.29 is 32.2 Å². The minimum absolute atomic E-state index is 0.196. The molecule has 0 spiro atoms. The molecule has 0 aliphatic rings. The highest BCUT2D eigenvalue weighted by atomic mass is 32.2. The van der Waals surface area contributed by atoms with Gasteiger partial charge in [-0.3, -0.25) is 9.10 Å². The predicted octanol–water partition coefficient (Wildman–Crippen LogP) is 1.64. The van der Waals surface area contributed by atoms with Crippen LogP contribution < -0.4 is 28.7 Å². The minimum atomic E-state index is -3.79. The molecule has 1 N–H and O–H groups in total. The van der Waals surface area contributed by atoms with E-state index in [-0.39, 0.29) is 11.4 Å². The number of nitrogens with zero attached hydrogens (tertiary/aromatic N) is 2. The second-order valence-electron chi connectivity index (χ2n) is 6.21. The van der Waals surface area contributed by atoms with Crippen LogP contribution in [-0.4, -0.2) is 61.8 Å². The standard InChI is InChI=1S/C20H25N3O7S/c1-27-15-7-6-14(18(10-15)29-3)12-21-22-20(24)13-23(31(5,25)26)17-9-8-16(28-2)11-19(17)30-4/h6-12H,13H2,1-5H3,(H,22,24)/b21-12-. The molecular weight excluding hydrogens is 426 g/mol. The summed E-state index contributed by atoms with van der Waals surface area (Å²) in [4.78, 5) is 12.4. The molecule has 1 amide bonds. The van der Waals surface area contributed by atoms with E-state index >= 15 is 0 Å². The first-order chi connectivity index (χ1) is 14.7. The zero-order valence-electron chi connectivity index (χ0n) is 17.9. The molecular formula is C20H25N3O7S. The van der Waals surface area contributed by atoms with Gasteiger partial charge >= 0.3 is 0 Å². The Morgan fingerprint density at radius 1 is 0.968 bits per heavy atom. The Labute approximate surface area is 181 Å². The van der Waals surface area contributed by atoms with Crippen molar-refractivity contribution >= 4 is 27.8 Å². The monoisotopic (exact) mass is 451 g/mol. The van der Waals surface area contributed by atoms with Crippen molar-refractivity contribution in [2.75, 3.05) is 45.5 Å². The van der Waals surface area contributed by atoms with E-state index in [1.165, 1.54) is 46.8 Å². The molecule has 11 heteroatoms. The van der Waals surface area contributed by atoms with Crippen molar-refractivity contribution in [2.45, 2.75) is 0 Å². The van der Waals surface area contributed by atoms with E-state index in [1.54, 1.807) is 24.3 Å². The molecule has 0 saturated heterocycles. The quantitative estimate of drug-likeness (QED) is 0.431. The third kappa shape index (κ3) is 6.25. The Morgan fingerprint density at radius 3 is 2.10 bits per heavy atom. The highest BCUT2D eigenvalue weighted by molar-refractivity contribution is 7.92. The third-order valence-corrected chi connectivity index (χ3v) is 5.30. The fraction of sp³-hybridized carbons (Fsp3) is 0.300. The highest BCUT2D eigenvalue weighted by Crippen LogP contribution is 2.33. The zero-order valence-corrected chi connectivity index (χ0v) is 18.7. The lowest BCUT2D eigenvalue weighted by molar-refractivity contribution is -0.119. The van der Waals surface area contributed by atoms with Crippen molar-refractivity contribution in [3.8, 4) is 23.0 Å². The van der Waals surface area contributed by atoms with Crippen LogP contribution in [0.3, 0.4) is 0 Å². The van der Waals surface area contributed by atoms with E-state index in [0.717, 1.165) is 10.6 Å². The number of carbonyl (C=O) groups is 1. The number of amides is 1. The van der Waals surface area contributed by atoms with Crippen LogP contribution in [0, 0.1) is 0 Å². The van der Waals surface area contributed by atoms with E-state index in [1.807, 2.05) is 0 Å². The number of hydrogen-bond donors (Lipinski definition) is 1. The first kappa shape index (κ1) is 23.8. The third-order valence-electron chi connectivity index (χ3n) is 4.18. The Bertz CT molecular complexity index is 1050. The maximum absolute atomic E-state index is 12.4. The maximum Gasteiger partial charge on any atom is 0.260 e. The molecule has 0 aliphatic carbocycles. The molecule has 2 aromatic carbocycles. The molecule has 0 fully saturated rings. The molecule has 0 heterocycles. The van der Waals surface area contributed by atoms with E-state index in [4.69, 9.17) is 18.9 Å². The number of rotatable bonds is 10. The average Bonchev–Trinajstić information content (AvgIpc) is 2.76. The van der Waals surface area contributed by atoms with Crippen LogP contribution in [-0.2, 0) is 14.8 Å². The van der Waals surface area contributed by atoms with Gasteiger partial charge in [0.15, 0.2) is 0 Å². The summed E-state index contributed by atoms with van der Waals surface area (Å²) in [7, 11) is 2.11. The van der Waals surface area contributed by atoms with Crippen LogP contribution in [0.4, 0.5) is 5.69 Å². The normalized spacial score (nSPS) is 11.1. The molecule has 0 aromatic heterocycles. The number of hydrazone groups is 1. The first-order valence-electron chi connectivity index (χ1n) is 8.97. The van der Waals surface area contributed by atoms with Gasteiger partial charge < -0.3 is 18.9 Å². The van der Waals surface area contributed by atoms with E-state index in [9.17, 15) is 13.2 Å². The summed E-state index contributed by atoms with van der Waals surface area (Å²) in [5.41, 5.74) is 3.11. The zero-order chi connectivity index (χ0) is 23.0. The number of methoxy groups -OCH3 is 4. The molecule has 0 radical (unpaired) electrons. The van der Waals surface area contributed by atoms with Crippen LogP contribution >= 0.6 is 0 Å². The fourth-order valence-electron chi connectivity index (χ4n) is 2.64. The molecule has 0 bridgehead atoms. The van der Waals surface area contributed by atoms with E-state index in [0.29, 0.717) is 22.8 Å². The highest BCUT2D eigenvalue weighted by Gasteiger charge is 2.24. The number of anilines is 1. The smallest absolute Gasteiger partial charge is 0.260 e. The van der Waals surface area contributed by atoms with Crippen molar-refractivity contribution in [1.29, 1.82) is 0 Å². The van der Waals surface area contributed by atoms with Crippen LogP contribution in [0.25, 0.3) is 0 Å². The summed E-state index contributed by atoms with van der Waals surface area (Å²) >= 11 is 0. The summed E-state index contributed by atoms with van der Waals surface area (Å²) < 4.78 is 46.3. The Balaban J connectivity index is 2.19. The van der Waals surface area contributed by atoms with Gasteiger partial charge in [0.25, 0.3) is 5.91 Å². The average molecular weight is 452 g/mol. The van der Waals surface area contributed by atoms with Crippen molar-refractivity contribution in [2.24, 2.45) is 5.10 Å². The predicted molar refractivity (Wildman–Crippen MR) is 117 cm³/mol. The first-order valence-corrected chi connectivity index (χ1v) is 10.8. The molecule has 0 aliphatic heterocycles. The Morgan fingerprint density at radius 2 is 1.55 bits per heavy atom. The molecule has 2 aromatic rings. The molecule has 10 nitrogen and oxygen atoms in total. The van der Waals surface area contributed by atoms with Gasteiger partial charge in [-0.2, -0.15) is 5.10 Å². The van der Waals surface area contributed by atoms with Gasteiger partial charge in [-0.1, -0.05) is 0 Å². The topological polar surface area (TPSA) is 116 Å². The fourth-order valence-corrected chi connectivity index (χ4v) is 3.50. The number of hydrogen-bond acceptors (Lipinski definition) is 8. The molecule has 0 atom stereocenters. The van der Waals surface area contributed by atoms with Crippen LogP contribution in [0.1, 0.15) is 5.56 Å². The number of sulfonamides is 1. The number of nitrogens with one attached hydrogen (secondary N) is 1. The lowest BCUT2D eigenvalue weighted by atomic mass is 10.2. The summed E-state index contributed by atoms with van der Waals surface area (Å²) in [6.45, 7) is -0.501. The van der Waals surface area contributed by atoms with Gasteiger partial charge in [-0.25, -0.2) is 13.8 Å². The number of ether oxygens (including phenoxy) is 4. The molecule has 2 rings (SSSR count). The maximum atomic E-state index is 12.4. The van der Waals surface area contributed by atoms with Crippen LogP contribution in [0.2, 0.25) is 0 Å². The Hall–Kier alpha value is -3.47.